The van der Waals surface area contributed by atoms with E-state index in [0.29, 0.717) is 11.3 Å². The summed E-state index contributed by atoms with van der Waals surface area (Å²) in [5.41, 5.74) is 20.7. The molecule has 0 amide bonds. The number of para-hydroxylation sites is 2. The minimum Gasteiger partial charge on any atom is -0.398 e. The summed E-state index contributed by atoms with van der Waals surface area (Å²) in [6.07, 6.45) is 1.73. The van der Waals surface area contributed by atoms with Gasteiger partial charge in [-0.2, -0.15) is 5.26 Å². The first-order valence-corrected chi connectivity index (χ1v) is 14.8. The van der Waals surface area contributed by atoms with Gasteiger partial charge in [-0.05, 0) is 93.7 Å². The zero-order valence-electron chi connectivity index (χ0n) is 23.5. The van der Waals surface area contributed by atoms with E-state index < -0.39 is 5.41 Å². The monoisotopic (exact) mass is 549 g/mol. The number of hydrogen-bond acceptors (Lipinski definition) is 2. The Balaban J connectivity index is 1.44. The highest BCUT2D eigenvalue weighted by Crippen LogP contribution is 2.59. The Hall–Kier alpha value is -5.59. The summed E-state index contributed by atoms with van der Waals surface area (Å²) in [5, 5.41) is 12.4. The van der Waals surface area contributed by atoms with E-state index in [0.717, 1.165) is 18.5 Å². The predicted octanol–water partition coefficient (Wildman–Crippen LogP) is 8.70. The topological polar surface area (TPSA) is 54.7 Å². The first-order chi connectivity index (χ1) is 21.2. The van der Waals surface area contributed by atoms with E-state index in [-0.39, 0.29) is 0 Å². The van der Waals surface area contributed by atoms with E-state index in [4.69, 9.17) is 5.73 Å². The van der Waals surface area contributed by atoms with Gasteiger partial charge in [0.05, 0.1) is 22.0 Å². The maximum Gasteiger partial charge on any atom is 0.101 e. The van der Waals surface area contributed by atoms with Crippen LogP contribution in [0.1, 0.15) is 38.9 Å². The molecule has 2 aliphatic rings. The molecule has 7 aromatic rings. The summed E-state index contributed by atoms with van der Waals surface area (Å²) < 4.78 is 2.41. The summed E-state index contributed by atoms with van der Waals surface area (Å²) >= 11 is 0. The number of fused-ring (bicyclic) bond motifs is 12. The lowest BCUT2D eigenvalue weighted by atomic mass is 9.66. The van der Waals surface area contributed by atoms with Crippen molar-refractivity contribution in [3.05, 3.63) is 166 Å². The Kier molecular flexibility index (Phi) is 4.87. The largest absolute Gasteiger partial charge is 0.398 e. The van der Waals surface area contributed by atoms with Crippen LogP contribution in [0.2, 0.25) is 0 Å². The molecular formula is C40H27N3. The van der Waals surface area contributed by atoms with Crippen LogP contribution in [-0.4, -0.2) is 4.57 Å². The molecule has 2 N–H and O–H groups in total. The van der Waals surface area contributed by atoms with Crippen LogP contribution in [0, 0.1) is 11.3 Å². The second kappa shape index (κ2) is 8.71. The van der Waals surface area contributed by atoms with Gasteiger partial charge in [-0.25, -0.2) is 0 Å². The molecule has 0 radical (unpaired) electrons. The van der Waals surface area contributed by atoms with Crippen molar-refractivity contribution in [2.24, 2.45) is 0 Å². The Morgan fingerprint density at radius 2 is 1.14 bits per heavy atom. The maximum atomic E-state index is 9.92. The molecule has 0 aliphatic heterocycles. The van der Waals surface area contributed by atoms with Crippen molar-refractivity contribution in [3.63, 3.8) is 0 Å². The van der Waals surface area contributed by atoms with Crippen LogP contribution in [0.15, 0.2) is 127 Å². The van der Waals surface area contributed by atoms with Crippen molar-refractivity contribution >= 4 is 27.5 Å². The molecule has 3 heteroatoms. The molecule has 6 aromatic carbocycles. The molecular weight excluding hydrogens is 522 g/mol. The number of benzene rings is 6. The van der Waals surface area contributed by atoms with Gasteiger partial charge in [0.25, 0.3) is 0 Å². The Bertz CT molecular complexity index is 2230. The van der Waals surface area contributed by atoms with Crippen LogP contribution in [-0.2, 0) is 18.3 Å². The summed E-state index contributed by atoms with van der Waals surface area (Å²) in [6.45, 7) is 0. The van der Waals surface area contributed by atoms with E-state index >= 15 is 0 Å². The van der Waals surface area contributed by atoms with E-state index in [9.17, 15) is 5.26 Å². The van der Waals surface area contributed by atoms with Crippen LogP contribution < -0.4 is 5.73 Å². The fourth-order valence-corrected chi connectivity index (χ4v) is 8.02. The standard InChI is InChI=1S/C40H27N3/c41-24-27-21-26-18-17-25-19-20-28(43-38-15-7-3-11-31(38)32-12-4-8-16-39(32)43)22-35(25)40(36(26)23-37(27)42)33-13-5-1-9-29(33)30-10-2-6-14-34(30)40/h1-16,19-23H,17-18,42H2. The number of hydrogen-bond donors (Lipinski definition) is 1. The highest BCUT2D eigenvalue weighted by Gasteiger charge is 2.49. The number of aryl methyl sites for hydroxylation is 2. The fraction of sp³-hybridized carbons (Fsp3) is 0.0750. The number of nitrogens with two attached hydrogens (primary N) is 1. The summed E-state index contributed by atoms with van der Waals surface area (Å²) in [7, 11) is 0. The van der Waals surface area contributed by atoms with Crippen molar-refractivity contribution in [3.8, 4) is 22.9 Å². The van der Waals surface area contributed by atoms with Crippen LogP contribution in [0.4, 0.5) is 5.69 Å². The quantitative estimate of drug-likeness (QED) is 0.208. The molecule has 1 heterocycles. The predicted molar refractivity (Wildman–Crippen MR) is 175 cm³/mol. The second-order valence-electron chi connectivity index (χ2n) is 11.8. The molecule has 1 aromatic heterocycles. The van der Waals surface area contributed by atoms with Crippen LogP contribution >= 0.6 is 0 Å². The van der Waals surface area contributed by atoms with E-state index in [1.807, 2.05) is 6.07 Å². The minimum atomic E-state index is -0.564. The number of aromatic nitrogens is 1. The van der Waals surface area contributed by atoms with Gasteiger partial charge in [0, 0.05) is 22.1 Å². The average Bonchev–Trinajstić information content (AvgIpc) is 3.50. The number of rotatable bonds is 1. The van der Waals surface area contributed by atoms with Crippen molar-refractivity contribution in [2.75, 3.05) is 5.73 Å². The van der Waals surface area contributed by atoms with E-state index in [1.54, 1.807) is 0 Å². The van der Waals surface area contributed by atoms with E-state index in [1.165, 1.54) is 66.3 Å². The molecule has 0 saturated heterocycles. The van der Waals surface area contributed by atoms with Crippen LogP contribution in [0.25, 0.3) is 38.6 Å². The number of nitriles is 1. The van der Waals surface area contributed by atoms with Crippen molar-refractivity contribution in [1.82, 2.24) is 4.57 Å². The first kappa shape index (κ1) is 24.1. The number of nitrogens with zero attached hydrogens (tertiary/aromatic N) is 2. The molecule has 3 nitrogen and oxygen atoms in total. The zero-order valence-corrected chi connectivity index (χ0v) is 23.5. The zero-order chi connectivity index (χ0) is 28.7. The molecule has 9 rings (SSSR count). The van der Waals surface area contributed by atoms with Crippen molar-refractivity contribution in [2.45, 2.75) is 18.3 Å². The van der Waals surface area contributed by atoms with Gasteiger partial charge in [-0.3, -0.25) is 0 Å². The summed E-state index contributed by atoms with van der Waals surface area (Å²) in [5.74, 6) is 0. The molecule has 1 spiro atoms. The number of anilines is 1. The lowest BCUT2D eigenvalue weighted by Gasteiger charge is -2.36. The molecule has 0 bridgehead atoms. The normalized spacial score (nSPS) is 14.1. The fourth-order valence-electron chi connectivity index (χ4n) is 8.02. The third-order valence-corrected chi connectivity index (χ3v) is 9.75. The number of nitrogen functional groups attached to an aromatic ring is 1. The van der Waals surface area contributed by atoms with Gasteiger partial charge in [0.15, 0.2) is 0 Å². The van der Waals surface area contributed by atoms with Crippen LogP contribution in [0.3, 0.4) is 0 Å². The molecule has 2 aliphatic carbocycles. The van der Waals surface area contributed by atoms with E-state index in [2.05, 4.69) is 132 Å². The smallest absolute Gasteiger partial charge is 0.101 e. The van der Waals surface area contributed by atoms with Crippen molar-refractivity contribution < 1.29 is 0 Å². The van der Waals surface area contributed by atoms with Gasteiger partial charge in [0.2, 0.25) is 0 Å². The first-order valence-electron chi connectivity index (χ1n) is 14.8. The summed E-state index contributed by atoms with van der Waals surface area (Å²) in [6, 6.07) is 48.5. The Morgan fingerprint density at radius 1 is 0.581 bits per heavy atom. The molecule has 202 valence electrons. The third kappa shape index (κ3) is 3.07. The van der Waals surface area contributed by atoms with Gasteiger partial charge < -0.3 is 10.3 Å². The molecule has 43 heavy (non-hydrogen) atoms. The van der Waals surface area contributed by atoms with Crippen LogP contribution in [0.5, 0.6) is 0 Å². The lowest BCUT2D eigenvalue weighted by molar-refractivity contribution is 0.761. The van der Waals surface area contributed by atoms with Crippen molar-refractivity contribution in [1.29, 1.82) is 5.26 Å². The minimum absolute atomic E-state index is 0.532. The molecule has 0 saturated carbocycles. The van der Waals surface area contributed by atoms with Gasteiger partial charge in [0.1, 0.15) is 6.07 Å². The SMILES string of the molecule is N#Cc1cc2c(cc1N)C1(c3cc(-n4c5ccccc5c5ccccc54)ccc3CC2)c2ccccc2-c2ccccc21. The summed E-state index contributed by atoms with van der Waals surface area (Å²) in [4.78, 5) is 0. The average molecular weight is 550 g/mol. The Morgan fingerprint density at radius 3 is 1.79 bits per heavy atom. The lowest BCUT2D eigenvalue weighted by Crippen LogP contribution is -2.30. The molecule has 0 atom stereocenters. The Labute approximate surface area is 250 Å². The maximum absolute atomic E-state index is 9.92. The second-order valence-corrected chi connectivity index (χ2v) is 11.8. The van der Waals surface area contributed by atoms with Gasteiger partial charge >= 0.3 is 0 Å². The highest BCUT2D eigenvalue weighted by atomic mass is 15.0. The highest BCUT2D eigenvalue weighted by molar-refractivity contribution is 6.09. The van der Waals surface area contributed by atoms with Gasteiger partial charge in [-0.1, -0.05) is 91.0 Å². The third-order valence-electron chi connectivity index (χ3n) is 9.75. The molecule has 0 fully saturated rings. The van der Waals surface area contributed by atoms with Gasteiger partial charge in [-0.15, -0.1) is 0 Å². The molecule has 0 unspecified atom stereocenters.